The number of hydrogen-bond donors (Lipinski definition) is 1. The molecule has 0 amide bonds. The summed E-state index contributed by atoms with van der Waals surface area (Å²) in [5.41, 5.74) is 1.62. The van der Waals surface area contributed by atoms with E-state index in [4.69, 9.17) is 9.94 Å². The standard InChI is InChI=1S/C12H15NO2/c1-3-15-12-8-6-11(7-9-12)5-4-10(2)13-14/h4-9,14H,3H2,1-2H3/b5-4-,13-10?. The van der Waals surface area contributed by atoms with Crippen molar-refractivity contribution >= 4 is 11.8 Å². The van der Waals surface area contributed by atoms with Gasteiger partial charge in [0.15, 0.2) is 0 Å². The van der Waals surface area contributed by atoms with Crippen LogP contribution in [0.4, 0.5) is 0 Å². The molecule has 0 bridgehead atoms. The summed E-state index contributed by atoms with van der Waals surface area (Å²) < 4.78 is 5.32. The summed E-state index contributed by atoms with van der Waals surface area (Å²) in [6.07, 6.45) is 3.63. The second kappa shape index (κ2) is 5.86. The monoisotopic (exact) mass is 205 g/mol. The Labute approximate surface area is 89.7 Å². The van der Waals surface area contributed by atoms with Crippen LogP contribution in [0, 0.1) is 0 Å². The number of hydrogen-bond acceptors (Lipinski definition) is 3. The van der Waals surface area contributed by atoms with Gasteiger partial charge in [0.2, 0.25) is 0 Å². The minimum atomic E-state index is 0.573. The molecule has 0 atom stereocenters. The molecule has 0 saturated heterocycles. The fraction of sp³-hybridized carbons (Fsp3) is 0.250. The highest BCUT2D eigenvalue weighted by Gasteiger charge is 1.91. The molecule has 1 rings (SSSR count). The van der Waals surface area contributed by atoms with Gasteiger partial charge in [0.05, 0.1) is 12.3 Å². The first-order valence-electron chi connectivity index (χ1n) is 4.86. The van der Waals surface area contributed by atoms with Gasteiger partial charge in [-0.15, -0.1) is 0 Å². The molecular weight excluding hydrogens is 190 g/mol. The molecule has 1 N–H and O–H groups in total. The normalized spacial score (nSPS) is 12.0. The first-order valence-corrected chi connectivity index (χ1v) is 4.86. The molecule has 0 unspecified atom stereocenters. The van der Waals surface area contributed by atoms with E-state index in [1.807, 2.05) is 37.3 Å². The van der Waals surface area contributed by atoms with Crippen LogP contribution in [0.15, 0.2) is 35.5 Å². The maximum atomic E-state index is 8.44. The van der Waals surface area contributed by atoms with E-state index in [0.29, 0.717) is 12.3 Å². The van der Waals surface area contributed by atoms with E-state index in [9.17, 15) is 0 Å². The molecule has 3 nitrogen and oxygen atoms in total. The average Bonchev–Trinajstić information content (AvgIpc) is 2.28. The lowest BCUT2D eigenvalue weighted by Gasteiger charge is -2.02. The molecule has 0 aliphatic rings. The summed E-state index contributed by atoms with van der Waals surface area (Å²) in [5.74, 6) is 0.863. The Hall–Kier alpha value is -1.77. The highest BCUT2D eigenvalue weighted by molar-refractivity contribution is 5.95. The molecule has 0 radical (unpaired) electrons. The van der Waals surface area contributed by atoms with Crippen LogP contribution in [0.25, 0.3) is 6.08 Å². The molecule has 0 fully saturated rings. The topological polar surface area (TPSA) is 41.8 Å². The number of rotatable bonds is 4. The lowest BCUT2D eigenvalue weighted by Crippen LogP contribution is -1.90. The maximum Gasteiger partial charge on any atom is 0.119 e. The summed E-state index contributed by atoms with van der Waals surface area (Å²) in [7, 11) is 0. The summed E-state index contributed by atoms with van der Waals surface area (Å²) >= 11 is 0. The SMILES string of the molecule is CCOc1ccc(/C=C\C(C)=NO)cc1. The van der Waals surface area contributed by atoms with Gasteiger partial charge in [-0.2, -0.15) is 0 Å². The predicted molar refractivity (Wildman–Crippen MR) is 61.5 cm³/mol. The molecule has 0 aliphatic carbocycles. The second-order valence-electron chi connectivity index (χ2n) is 3.08. The molecule has 0 heterocycles. The van der Waals surface area contributed by atoms with Crippen molar-refractivity contribution in [2.45, 2.75) is 13.8 Å². The van der Waals surface area contributed by atoms with Gasteiger partial charge in [-0.1, -0.05) is 23.4 Å². The van der Waals surface area contributed by atoms with Gasteiger partial charge in [0, 0.05) is 0 Å². The second-order valence-corrected chi connectivity index (χ2v) is 3.08. The first kappa shape index (κ1) is 11.3. The third-order valence-corrected chi connectivity index (χ3v) is 1.87. The highest BCUT2D eigenvalue weighted by Crippen LogP contribution is 2.12. The maximum absolute atomic E-state index is 8.44. The van der Waals surface area contributed by atoms with Crippen LogP contribution in [-0.2, 0) is 0 Å². The molecule has 15 heavy (non-hydrogen) atoms. The number of ether oxygens (including phenoxy) is 1. The summed E-state index contributed by atoms with van der Waals surface area (Å²) in [4.78, 5) is 0. The number of allylic oxidation sites excluding steroid dienone is 1. The molecular formula is C12H15NO2. The molecule has 0 aliphatic heterocycles. The first-order chi connectivity index (χ1) is 7.26. The third kappa shape index (κ3) is 3.85. The minimum absolute atomic E-state index is 0.573. The van der Waals surface area contributed by atoms with Crippen molar-refractivity contribution in [1.82, 2.24) is 0 Å². The molecule has 1 aromatic rings. The van der Waals surface area contributed by atoms with Crippen molar-refractivity contribution < 1.29 is 9.94 Å². The quantitative estimate of drug-likeness (QED) is 0.466. The lowest BCUT2D eigenvalue weighted by atomic mass is 10.2. The molecule has 1 aromatic carbocycles. The van der Waals surface area contributed by atoms with Crippen LogP contribution in [-0.4, -0.2) is 17.5 Å². The molecule has 80 valence electrons. The van der Waals surface area contributed by atoms with Crippen molar-refractivity contribution in [2.24, 2.45) is 5.16 Å². The third-order valence-electron chi connectivity index (χ3n) is 1.87. The van der Waals surface area contributed by atoms with Crippen LogP contribution >= 0.6 is 0 Å². The van der Waals surface area contributed by atoms with Gasteiger partial charge in [0.1, 0.15) is 5.75 Å². The Bertz CT molecular complexity index is 352. The number of nitrogens with zero attached hydrogens (tertiary/aromatic N) is 1. The van der Waals surface area contributed by atoms with Gasteiger partial charge in [-0.3, -0.25) is 0 Å². The summed E-state index contributed by atoms with van der Waals surface area (Å²) in [5, 5.41) is 11.5. The number of benzene rings is 1. The fourth-order valence-electron chi connectivity index (χ4n) is 1.09. The zero-order valence-electron chi connectivity index (χ0n) is 8.97. The van der Waals surface area contributed by atoms with Crippen LogP contribution in [0.3, 0.4) is 0 Å². The van der Waals surface area contributed by atoms with E-state index >= 15 is 0 Å². The highest BCUT2D eigenvalue weighted by atomic mass is 16.5. The fourth-order valence-corrected chi connectivity index (χ4v) is 1.09. The van der Waals surface area contributed by atoms with Crippen LogP contribution in [0.1, 0.15) is 19.4 Å². The molecule has 0 spiro atoms. The average molecular weight is 205 g/mol. The van der Waals surface area contributed by atoms with E-state index in [1.165, 1.54) is 0 Å². The van der Waals surface area contributed by atoms with E-state index in [-0.39, 0.29) is 0 Å². The van der Waals surface area contributed by atoms with Crippen molar-refractivity contribution in [3.63, 3.8) is 0 Å². The predicted octanol–water partition coefficient (Wildman–Crippen LogP) is 2.95. The van der Waals surface area contributed by atoms with Crippen molar-refractivity contribution in [1.29, 1.82) is 0 Å². The minimum Gasteiger partial charge on any atom is -0.494 e. The Kier molecular flexibility index (Phi) is 4.41. The number of oxime groups is 1. The Morgan fingerprint density at radius 1 is 1.40 bits per heavy atom. The largest absolute Gasteiger partial charge is 0.494 e. The van der Waals surface area contributed by atoms with E-state index in [0.717, 1.165) is 11.3 Å². The Balaban J connectivity index is 2.68. The zero-order valence-corrected chi connectivity index (χ0v) is 8.97. The van der Waals surface area contributed by atoms with Crippen LogP contribution < -0.4 is 4.74 Å². The smallest absolute Gasteiger partial charge is 0.119 e. The van der Waals surface area contributed by atoms with Crippen molar-refractivity contribution in [2.75, 3.05) is 6.61 Å². The van der Waals surface area contributed by atoms with Gasteiger partial charge in [0.25, 0.3) is 0 Å². The van der Waals surface area contributed by atoms with Gasteiger partial charge in [-0.25, -0.2) is 0 Å². The van der Waals surface area contributed by atoms with E-state index in [1.54, 1.807) is 13.0 Å². The van der Waals surface area contributed by atoms with Crippen LogP contribution in [0.2, 0.25) is 0 Å². The van der Waals surface area contributed by atoms with Crippen molar-refractivity contribution in [3.8, 4) is 5.75 Å². The van der Waals surface area contributed by atoms with Gasteiger partial charge >= 0.3 is 0 Å². The van der Waals surface area contributed by atoms with Gasteiger partial charge < -0.3 is 9.94 Å². The van der Waals surface area contributed by atoms with Crippen molar-refractivity contribution in [3.05, 3.63) is 35.9 Å². The van der Waals surface area contributed by atoms with Gasteiger partial charge in [-0.05, 0) is 37.6 Å². The summed E-state index contributed by atoms with van der Waals surface area (Å²) in [6.45, 7) is 4.35. The molecule has 0 saturated carbocycles. The molecule has 0 aromatic heterocycles. The van der Waals surface area contributed by atoms with E-state index in [2.05, 4.69) is 5.16 Å². The van der Waals surface area contributed by atoms with E-state index < -0.39 is 0 Å². The summed E-state index contributed by atoms with van der Waals surface area (Å²) in [6, 6.07) is 7.72. The lowest BCUT2D eigenvalue weighted by molar-refractivity contribution is 0.319. The van der Waals surface area contributed by atoms with Crippen LogP contribution in [0.5, 0.6) is 5.75 Å². The Morgan fingerprint density at radius 2 is 2.07 bits per heavy atom. The molecule has 3 heteroatoms. The zero-order chi connectivity index (χ0) is 11.1. The Morgan fingerprint density at radius 3 is 2.60 bits per heavy atom.